The molecule has 70 valence electrons. The first-order chi connectivity index (χ1) is 6.86. The van der Waals surface area contributed by atoms with Crippen LogP contribution in [-0.4, -0.2) is 6.21 Å². The predicted octanol–water partition coefficient (Wildman–Crippen LogP) is 3.43. The molecule has 1 nitrogen and oxygen atoms in total. The van der Waals surface area contributed by atoms with Crippen molar-refractivity contribution < 1.29 is 0 Å². The number of hydrogen-bond acceptors (Lipinski definition) is 2. The maximum Gasteiger partial charge on any atom is 0.0401 e. The SMILES string of the molecule is C=C1C=N/C=C\Cc2ccccc2S1. The Labute approximate surface area is 88.3 Å². The van der Waals surface area contributed by atoms with Crippen molar-refractivity contribution in [3.8, 4) is 0 Å². The van der Waals surface area contributed by atoms with Crippen LogP contribution in [-0.2, 0) is 6.42 Å². The molecule has 1 aliphatic heterocycles. The lowest BCUT2D eigenvalue weighted by Crippen LogP contribution is -1.85. The number of aliphatic imine (C=N–C) groups is 1. The maximum atomic E-state index is 4.13. The highest BCUT2D eigenvalue weighted by molar-refractivity contribution is 8.04. The zero-order valence-electron chi connectivity index (χ0n) is 7.81. The largest absolute Gasteiger partial charge is 0.264 e. The summed E-state index contributed by atoms with van der Waals surface area (Å²) >= 11 is 1.68. The fourth-order valence-electron chi connectivity index (χ4n) is 1.31. The second-order valence-electron chi connectivity index (χ2n) is 3.04. The lowest BCUT2D eigenvalue weighted by Gasteiger charge is -2.05. The molecule has 1 aromatic rings. The van der Waals surface area contributed by atoms with Crippen molar-refractivity contribution >= 4 is 18.0 Å². The first-order valence-electron chi connectivity index (χ1n) is 4.49. The van der Waals surface area contributed by atoms with Crippen LogP contribution in [0.5, 0.6) is 0 Å². The Kier molecular flexibility index (Phi) is 2.84. The van der Waals surface area contributed by atoms with Crippen molar-refractivity contribution in [1.82, 2.24) is 0 Å². The van der Waals surface area contributed by atoms with Gasteiger partial charge in [-0.15, -0.1) is 0 Å². The van der Waals surface area contributed by atoms with Gasteiger partial charge in [0.05, 0.1) is 0 Å². The second-order valence-corrected chi connectivity index (χ2v) is 4.21. The monoisotopic (exact) mass is 201 g/mol. The molecule has 1 heterocycles. The third-order valence-electron chi connectivity index (χ3n) is 1.96. The standard InChI is InChI=1S/C12H11NS/c1-10-9-13-8-4-6-11-5-2-3-7-12(11)14-10/h2-5,7-9H,1,6H2/b8-4-,13-9?. The van der Waals surface area contributed by atoms with Gasteiger partial charge in [-0.05, 0) is 18.1 Å². The van der Waals surface area contributed by atoms with E-state index in [0.29, 0.717) is 0 Å². The quantitative estimate of drug-likeness (QED) is 0.626. The highest BCUT2D eigenvalue weighted by Crippen LogP contribution is 2.28. The number of allylic oxidation sites excluding steroid dienone is 2. The number of nitrogens with zero attached hydrogens (tertiary/aromatic N) is 1. The van der Waals surface area contributed by atoms with Gasteiger partial charge in [0, 0.05) is 22.2 Å². The van der Waals surface area contributed by atoms with E-state index in [9.17, 15) is 0 Å². The fourth-order valence-corrected chi connectivity index (χ4v) is 2.13. The van der Waals surface area contributed by atoms with E-state index in [4.69, 9.17) is 0 Å². The molecule has 0 spiro atoms. The van der Waals surface area contributed by atoms with Crippen molar-refractivity contribution in [3.05, 3.63) is 53.6 Å². The topological polar surface area (TPSA) is 12.4 Å². The molecule has 0 aliphatic carbocycles. The van der Waals surface area contributed by atoms with Crippen molar-refractivity contribution in [2.24, 2.45) is 4.99 Å². The first-order valence-corrected chi connectivity index (χ1v) is 5.31. The van der Waals surface area contributed by atoms with Gasteiger partial charge in [0.15, 0.2) is 0 Å². The minimum Gasteiger partial charge on any atom is -0.264 e. The molecule has 0 fully saturated rings. The molecule has 0 aromatic heterocycles. The molecule has 0 radical (unpaired) electrons. The van der Waals surface area contributed by atoms with Crippen LogP contribution < -0.4 is 0 Å². The van der Waals surface area contributed by atoms with E-state index in [1.807, 2.05) is 6.20 Å². The summed E-state index contributed by atoms with van der Waals surface area (Å²) in [7, 11) is 0. The van der Waals surface area contributed by atoms with Gasteiger partial charge in [0.1, 0.15) is 0 Å². The second kappa shape index (κ2) is 4.29. The van der Waals surface area contributed by atoms with Crippen LogP contribution in [0.4, 0.5) is 0 Å². The molecule has 0 saturated carbocycles. The summed E-state index contributed by atoms with van der Waals surface area (Å²) in [4.78, 5) is 6.38. The summed E-state index contributed by atoms with van der Waals surface area (Å²) in [5, 5.41) is 0. The molecule has 0 bridgehead atoms. The van der Waals surface area contributed by atoms with Crippen LogP contribution >= 0.6 is 11.8 Å². The molecule has 1 aliphatic rings. The molecule has 14 heavy (non-hydrogen) atoms. The average molecular weight is 201 g/mol. The van der Waals surface area contributed by atoms with Gasteiger partial charge in [-0.25, -0.2) is 0 Å². The molecule has 0 amide bonds. The van der Waals surface area contributed by atoms with E-state index in [1.165, 1.54) is 10.5 Å². The molecule has 2 heteroatoms. The van der Waals surface area contributed by atoms with E-state index < -0.39 is 0 Å². The lowest BCUT2D eigenvalue weighted by molar-refractivity contribution is 1.18. The number of benzene rings is 1. The summed E-state index contributed by atoms with van der Waals surface area (Å²) in [6.45, 7) is 3.94. The highest BCUT2D eigenvalue weighted by Gasteiger charge is 2.02. The first kappa shape index (κ1) is 9.28. The molecule has 1 aromatic carbocycles. The molecule has 2 rings (SSSR count). The minimum atomic E-state index is 0.938. The molecule has 0 atom stereocenters. The Bertz CT molecular complexity index is 405. The molecule has 0 saturated heterocycles. The Morgan fingerprint density at radius 1 is 1.29 bits per heavy atom. The Hall–Kier alpha value is -1.28. The van der Waals surface area contributed by atoms with Gasteiger partial charge in [-0.3, -0.25) is 4.99 Å². The van der Waals surface area contributed by atoms with Gasteiger partial charge in [0.2, 0.25) is 0 Å². The van der Waals surface area contributed by atoms with E-state index in [2.05, 4.69) is 41.9 Å². The van der Waals surface area contributed by atoms with Gasteiger partial charge in [0.25, 0.3) is 0 Å². The summed E-state index contributed by atoms with van der Waals surface area (Å²) in [6, 6.07) is 8.38. The van der Waals surface area contributed by atoms with Gasteiger partial charge < -0.3 is 0 Å². The third kappa shape index (κ3) is 2.15. The molecule has 0 unspecified atom stereocenters. The third-order valence-corrected chi connectivity index (χ3v) is 2.95. The number of rotatable bonds is 0. The van der Waals surface area contributed by atoms with Crippen LogP contribution in [0.1, 0.15) is 5.56 Å². The van der Waals surface area contributed by atoms with Gasteiger partial charge in [-0.1, -0.05) is 42.6 Å². The number of fused-ring (bicyclic) bond motifs is 1. The predicted molar refractivity (Wildman–Crippen MR) is 62.8 cm³/mol. The van der Waals surface area contributed by atoms with Crippen LogP contribution in [0.2, 0.25) is 0 Å². The van der Waals surface area contributed by atoms with E-state index in [0.717, 1.165) is 11.3 Å². The van der Waals surface area contributed by atoms with Gasteiger partial charge >= 0.3 is 0 Å². The zero-order valence-corrected chi connectivity index (χ0v) is 8.63. The minimum absolute atomic E-state index is 0.938. The van der Waals surface area contributed by atoms with Crippen molar-refractivity contribution in [2.45, 2.75) is 11.3 Å². The smallest absolute Gasteiger partial charge is 0.0401 e. The lowest BCUT2D eigenvalue weighted by atomic mass is 10.1. The van der Waals surface area contributed by atoms with Crippen molar-refractivity contribution in [1.29, 1.82) is 0 Å². The van der Waals surface area contributed by atoms with Crippen LogP contribution in [0, 0.1) is 0 Å². The maximum absolute atomic E-state index is 4.13. The van der Waals surface area contributed by atoms with Crippen LogP contribution in [0.25, 0.3) is 0 Å². The number of hydrogen-bond donors (Lipinski definition) is 0. The van der Waals surface area contributed by atoms with Crippen molar-refractivity contribution in [3.63, 3.8) is 0 Å². The zero-order chi connectivity index (χ0) is 9.80. The Balaban J connectivity index is 2.39. The molecular formula is C12H11NS. The Morgan fingerprint density at radius 2 is 2.14 bits per heavy atom. The summed E-state index contributed by atoms with van der Waals surface area (Å²) in [5.41, 5.74) is 1.33. The summed E-state index contributed by atoms with van der Waals surface area (Å²) < 4.78 is 0. The summed E-state index contributed by atoms with van der Waals surface area (Å²) in [5.74, 6) is 0. The average Bonchev–Trinajstić information content (AvgIpc) is 2.27. The van der Waals surface area contributed by atoms with E-state index >= 15 is 0 Å². The van der Waals surface area contributed by atoms with Crippen LogP contribution in [0.3, 0.4) is 0 Å². The van der Waals surface area contributed by atoms with Crippen molar-refractivity contribution in [2.75, 3.05) is 0 Å². The number of thioether (sulfide) groups is 1. The highest BCUT2D eigenvalue weighted by atomic mass is 32.2. The normalized spacial score (nSPS) is 17.9. The van der Waals surface area contributed by atoms with E-state index in [1.54, 1.807) is 18.0 Å². The summed E-state index contributed by atoms with van der Waals surface area (Å²) in [6.07, 6.45) is 6.62. The van der Waals surface area contributed by atoms with E-state index in [-0.39, 0.29) is 0 Å². The molecular weight excluding hydrogens is 190 g/mol. The Morgan fingerprint density at radius 3 is 3.07 bits per heavy atom. The van der Waals surface area contributed by atoms with Gasteiger partial charge in [-0.2, -0.15) is 0 Å². The molecule has 0 N–H and O–H groups in total. The van der Waals surface area contributed by atoms with Crippen LogP contribution in [0.15, 0.2) is 57.9 Å². The fraction of sp³-hybridized carbons (Fsp3) is 0.0833.